The molecule has 2 amide bonds. The lowest BCUT2D eigenvalue weighted by Gasteiger charge is -2.11. The summed E-state index contributed by atoms with van der Waals surface area (Å²) in [7, 11) is 1.46. The molecule has 2 N–H and O–H groups in total. The minimum absolute atomic E-state index is 0.0696. The fraction of sp³-hybridized carbons (Fsp3) is 0.250. The van der Waals surface area contributed by atoms with Crippen molar-refractivity contribution in [1.29, 1.82) is 5.26 Å². The molecular weight excluding hydrogens is 362 g/mol. The predicted molar refractivity (Wildman–Crippen MR) is 102 cm³/mol. The van der Waals surface area contributed by atoms with Crippen LogP contribution in [0.3, 0.4) is 0 Å². The lowest BCUT2D eigenvalue weighted by molar-refractivity contribution is -0.123. The molecule has 0 spiro atoms. The number of anilines is 1. The molecule has 0 atom stereocenters. The van der Waals surface area contributed by atoms with Gasteiger partial charge in [-0.25, -0.2) is 0 Å². The Labute approximate surface area is 163 Å². The quantitative estimate of drug-likeness (QED) is 0.686. The summed E-state index contributed by atoms with van der Waals surface area (Å²) in [6, 6.07) is 13.3. The first kappa shape index (κ1) is 20.6. The Morgan fingerprint density at radius 3 is 2.36 bits per heavy atom. The van der Waals surface area contributed by atoms with E-state index >= 15 is 0 Å². The van der Waals surface area contributed by atoms with E-state index in [-0.39, 0.29) is 25.0 Å². The predicted octanol–water partition coefficient (Wildman–Crippen LogP) is 2.10. The molecule has 0 radical (unpaired) electrons. The lowest BCUT2D eigenvalue weighted by Crippen LogP contribution is -2.28. The second kappa shape index (κ2) is 10.4. The van der Waals surface area contributed by atoms with Crippen molar-refractivity contribution in [2.24, 2.45) is 0 Å². The largest absolute Gasteiger partial charge is 0.493 e. The molecule has 2 aromatic rings. The minimum Gasteiger partial charge on any atom is -0.493 e. The highest BCUT2D eigenvalue weighted by Crippen LogP contribution is 2.27. The molecule has 8 heteroatoms. The van der Waals surface area contributed by atoms with E-state index < -0.39 is 0 Å². The third-order valence-electron chi connectivity index (χ3n) is 3.53. The van der Waals surface area contributed by atoms with E-state index in [1.165, 1.54) is 13.2 Å². The van der Waals surface area contributed by atoms with E-state index in [1.54, 1.807) is 36.4 Å². The third-order valence-corrected chi connectivity index (χ3v) is 3.53. The van der Waals surface area contributed by atoms with Crippen LogP contribution in [0, 0.1) is 11.3 Å². The summed E-state index contributed by atoms with van der Waals surface area (Å²) in [5.41, 5.74) is 0.994. The van der Waals surface area contributed by atoms with Crippen molar-refractivity contribution in [1.82, 2.24) is 5.32 Å². The van der Waals surface area contributed by atoms with Crippen LogP contribution in [0.15, 0.2) is 42.5 Å². The van der Waals surface area contributed by atoms with Crippen molar-refractivity contribution in [3.63, 3.8) is 0 Å². The Morgan fingerprint density at radius 2 is 1.71 bits per heavy atom. The average Bonchev–Trinajstić information content (AvgIpc) is 2.71. The summed E-state index contributed by atoms with van der Waals surface area (Å²) in [5.74, 6) is 0.701. The van der Waals surface area contributed by atoms with Crippen molar-refractivity contribution in [3.8, 4) is 23.3 Å². The smallest absolute Gasteiger partial charge is 0.262 e. The lowest BCUT2D eigenvalue weighted by atomic mass is 10.2. The number of nitriles is 1. The van der Waals surface area contributed by atoms with Crippen LogP contribution in [0.5, 0.6) is 17.2 Å². The summed E-state index contributed by atoms with van der Waals surface area (Å²) in [6.07, 6.45) is 0. The number of carbonyl (C=O) groups is 2. The Hall–Kier alpha value is -3.73. The average molecular weight is 383 g/mol. The molecule has 0 fully saturated rings. The molecule has 2 rings (SSSR count). The maximum Gasteiger partial charge on any atom is 0.262 e. The standard InChI is InChI=1S/C20H21N3O5/c1-3-22-19(24)12-27-16-7-5-15(6-8-16)23-20(25)13-28-17-9-4-14(11-21)10-18(17)26-2/h4-10H,3,12-13H2,1-2H3,(H,22,24)(H,23,25). The van der Waals surface area contributed by atoms with Crippen LogP contribution < -0.4 is 24.8 Å². The molecule has 0 aliphatic carbocycles. The molecule has 0 bridgehead atoms. The number of likely N-dealkylation sites (N-methyl/N-ethyl adjacent to an activating group) is 1. The number of methoxy groups -OCH3 is 1. The molecule has 0 saturated heterocycles. The van der Waals surface area contributed by atoms with Gasteiger partial charge in [0.05, 0.1) is 18.7 Å². The summed E-state index contributed by atoms with van der Waals surface area (Å²) in [6.45, 7) is 2.08. The van der Waals surface area contributed by atoms with Crippen LogP contribution in [0.1, 0.15) is 12.5 Å². The minimum atomic E-state index is -0.359. The topological polar surface area (TPSA) is 110 Å². The van der Waals surface area contributed by atoms with Crippen LogP contribution >= 0.6 is 0 Å². The van der Waals surface area contributed by atoms with Crippen LogP contribution in [-0.4, -0.2) is 38.7 Å². The van der Waals surface area contributed by atoms with E-state index in [0.717, 1.165) is 0 Å². The normalized spacial score (nSPS) is 9.75. The number of hydrogen-bond donors (Lipinski definition) is 2. The van der Waals surface area contributed by atoms with Gasteiger partial charge in [-0.05, 0) is 43.3 Å². The van der Waals surface area contributed by atoms with E-state index in [9.17, 15) is 9.59 Å². The van der Waals surface area contributed by atoms with Gasteiger partial charge >= 0.3 is 0 Å². The second-order valence-corrected chi connectivity index (χ2v) is 5.58. The van der Waals surface area contributed by atoms with Gasteiger partial charge in [0.2, 0.25) is 0 Å². The highest BCUT2D eigenvalue weighted by atomic mass is 16.5. The molecule has 0 aliphatic heterocycles. The van der Waals surface area contributed by atoms with E-state index in [4.69, 9.17) is 19.5 Å². The number of ether oxygens (including phenoxy) is 3. The van der Waals surface area contributed by atoms with Gasteiger partial charge in [0.15, 0.2) is 24.7 Å². The number of carbonyl (C=O) groups excluding carboxylic acids is 2. The van der Waals surface area contributed by atoms with Gasteiger partial charge in [0.1, 0.15) is 5.75 Å². The Kier molecular flexibility index (Phi) is 7.66. The van der Waals surface area contributed by atoms with Gasteiger partial charge in [-0.2, -0.15) is 5.26 Å². The van der Waals surface area contributed by atoms with Crippen LogP contribution in [0.25, 0.3) is 0 Å². The first-order valence-corrected chi connectivity index (χ1v) is 8.56. The number of hydrogen-bond acceptors (Lipinski definition) is 6. The number of rotatable bonds is 9. The van der Waals surface area contributed by atoms with Crippen LogP contribution in [-0.2, 0) is 9.59 Å². The molecular formula is C20H21N3O5. The molecule has 0 unspecified atom stereocenters. The maximum absolute atomic E-state index is 12.1. The molecule has 8 nitrogen and oxygen atoms in total. The highest BCUT2D eigenvalue weighted by Gasteiger charge is 2.09. The fourth-order valence-corrected chi connectivity index (χ4v) is 2.23. The zero-order valence-corrected chi connectivity index (χ0v) is 15.7. The number of nitrogens with zero attached hydrogens (tertiary/aromatic N) is 1. The van der Waals surface area contributed by atoms with Crippen molar-refractivity contribution >= 4 is 17.5 Å². The van der Waals surface area contributed by atoms with Gasteiger partial charge in [-0.3, -0.25) is 9.59 Å². The highest BCUT2D eigenvalue weighted by molar-refractivity contribution is 5.92. The summed E-state index contributed by atoms with van der Waals surface area (Å²) in [5, 5.41) is 14.2. The van der Waals surface area contributed by atoms with E-state index in [0.29, 0.717) is 35.0 Å². The SMILES string of the molecule is CCNC(=O)COc1ccc(NC(=O)COc2ccc(C#N)cc2OC)cc1. The van der Waals surface area contributed by atoms with Crippen molar-refractivity contribution in [3.05, 3.63) is 48.0 Å². The number of benzene rings is 2. The summed E-state index contributed by atoms with van der Waals surface area (Å²) in [4.78, 5) is 23.4. The summed E-state index contributed by atoms with van der Waals surface area (Å²) >= 11 is 0. The van der Waals surface area contributed by atoms with Crippen LogP contribution in [0.2, 0.25) is 0 Å². The Balaban J connectivity index is 1.85. The molecule has 0 saturated carbocycles. The zero-order valence-electron chi connectivity index (χ0n) is 15.7. The molecule has 0 heterocycles. The van der Waals surface area contributed by atoms with Crippen molar-refractivity contribution in [2.75, 3.05) is 32.2 Å². The molecule has 0 aromatic heterocycles. The Bertz CT molecular complexity index is 859. The maximum atomic E-state index is 12.1. The number of nitrogens with one attached hydrogen (secondary N) is 2. The zero-order chi connectivity index (χ0) is 20.4. The first-order chi connectivity index (χ1) is 13.5. The van der Waals surface area contributed by atoms with E-state index in [2.05, 4.69) is 10.6 Å². The number of amides is 2. The van der Waals surface area contributed by atoms with E-state index in [1.807, 2.05) is 13.0 Å². The molecule has 2 aromatic carbocycles. The van der Waals surface area contributed by atoms with Gasteiger partial charge in [-0.1, -0.05) is 0 Å². The van der Waals surface area contributed by atoms with Crippen molar-refractivity contribution < 1.29 is 23.8 Å². The third kappa shape index (κ3) is 6.21. The molecule has 146 valence electrons. The summed E-state index contributed by atoms with van der Waals surface area (Å²) < 4.78 is 16.0. The van der Waals surface area contributed by atoms with Gasteiger partial charge < -0.3 is 24.8 Å². The van der Waals surface area contributed by atoms with Gasteiger partial charge in [-0.15, -0.1) is 0 Å². The first-order valence-electron chi connectivity index (χ1n) is 8.56. The fourth-order valence-electron chi connectivity index (χ4n) is 2.23. The van der Waals surface area contributed by atoms with Gasteiger partial charge in [0.25, 0.3) is 11.8 Å². The monoisotopic (exact) mass is 383 g/mol. The second-order valence-electron chi connectivity index (χ2n) is 5.58. The van der Waals surface area contributed by atoms with Crippen LogP contribution in [0.4, 0.5) is 5.69 Å². The van der Waals surface area contributed by atoms with Gasteiger partial charge in [0, 0.05) is 18.3 Å². The van der Waals surface area contributed by atoms with Crippen molar-refractivity contribution in [2.45, 2.75) is 6.92 Å². The molecule has 0 aliphatic rings. The Morgan fingerprint density at radius 1 is 1.00 bits per heavy atom. The molecule has 28 heavy (non-hydrogen) atoms.